The number of esters is 2. The second-order valence-corrected chi connectivity index (χ2v) is 22.3. The number of nitrogens with zero attached hydrogens (tertiary/aromatic N) is 9. The third kappa shape index (κ3) is 14.2. The first-order chi connectivity index (χ1) is 40.8. The Morgan fingerprint density at radius 3 is 1.54 bits per heavy atom. The van der Waals surface area contributed by atoms with Gasteiger partial charge < -0.3 is 24.6 Å². The Balaban J connectivity index is 0.000000141. The van der Waals surface area contributed by atoms with Crippen LogP contribution in [0.25, 0.3) is 50.9 Å². The molecule has 0 radical (unpaired) electrons. The van der Waals surface area contributed by atoms with Crippen molar-refractivity contribution in [2.75, 3.05) is 54.5 Å². The molecule has 12 rings (SSSR count). The summed E-state index contributed by atoms with van der Waals surface area (Å²) >= 11 is 2.67. The predicted octanol–water partition coefficient (Wildman–Crippen LogP) is 8.43. The smallest absolute Gasteiger partial charge is 0.310 e. The molecule has 1 atom stereocenters. The molecule has 7 aromatic rings. The average Bonchev–Trinajstić information content (AvgIpc) is 4.25. The molecule has 3 aromatic carbocycles. The van der Waals surface area contributed by atoms with Crippen molar-refractivity contribution in [3.05, 3.63) is 135 Å². The second kappa shape index (κ2) is 26.8. The van der Waals surface area contributed by atoms with Crippen LogP contribution in [0.5, 0.6) is 0 Å². The zero-order valence-corrected chi connectivity index (χ0v) is 47.7. The van der Waals surface area contributed by atoms with E-state index in [4.69, 9.17) is 9.47 Å². The largest absolute Gasteiger partial charge is 0.466 e. The van der Waals surface area contributed by atoms with Gasteiger partial charge in [0.25, 0.3) is 33.4 Å². The van der Waals surface area contributed by atoms with Gasteiger partial charge in [0.1, 0.15) is 36.4 Å². The van der Waals surface area contributed by atoms with Gasteiger partial charge in [-0.3, -0.25) is 59.3 Å². The summed E-state index contributed by atoms with van der Waals surface area (Å²) in [6.45, 7) is 7.72. The lowest BCUT2D eigenvalue weighted by Crippen LogP contribution is -2.40. The first-order valence-corrected chi connectivity index (χ1v) is 29.2. The van der Waals surface area contributed by atoms with Gasteiger partial charge in [0.05, 0.1) is 56.3 Å². The number of fused-ring (bicyclic) bond motifs is 3. The quantitative estimate of drug-likeness (QED) is 0.0659. The molecule has 23 nitrogen and oxygen atoms in total. The van der Waals surface area contributed by atoms with Gasteiger partial charge in [-0.05, 0) is 158 Å². The van der Waals surface area contributed by atoms with E-state index in [1.54, 1.807) is 30.6 Å². The molecule has 0 bridgehead atoms. The van der Waals surface area contributed by atoms with Gasteiger partial charge in [0.2, 0.25) is 0 Å². The van der Waals surface area contributed by atoms with E-state index in [1.807, 2.05) is 80.6 Å². The van der Waals surface area contributed by atoms with Crippen LogP contribution in [0.1, 0.15) is 61.8 Å². The van der Waals surface area contributed by atoms with Gasteiger partial charge in [0, 0.05) is 61.3 Å². The van der Waals surface area contributed by atoms with Gasteiger partial charge in [-0.1, -0.05) is 24.3 Å². The lowest BCUT2D eigenvalue weighted by Gasteiger charge is -2.32. The lowest BCUT2D eigenvalue weighted by molar-refractivity contribution is -0.149. The minimum Gasteiger partial charge on any atom is -0.466 e. The second-order valence-electron chi connectivity index (χ2n) is 19.3. The summed E-state index contributed by atoms with van der Waals surface area (Å²) in [7, 11) is 0. The van der Waals surface area contributed by atoms with Crippen molar-refractivity contribution in [3.8, 4) is 0 Å². The molecule has 26 heteroatoms. The van der Waals surface area contributed by atoms with E-state index < -0.39 is 5.91 Å². The summed E-state index contributed by atoms with van der Waals surface area (Å²) in [5.74, 6) is 0.548. The molecule has 0 saturated carbocycles. The number of aromatic nitrogens is 7. The fourth-order valence-corrected chi connectivity index (χ4v) is 11.8. The summed E-state index contributed by atoms with van der Waals surface area (Å²) in [4.78, 5) is 129. The Morgan fingerprint density at radius 1 is 0.583 bits per heavy atom. The SMILES string of the molecule is CCOC(=O)C1CCCN(c2ncnc3ccc(C=C4SC(=O)NC4=O)cc23)C1.CCOC(=O)C1CCN(c2ncnc3ccc(C=C4SC(=O)NC4=O)cc23)CC1.O=C1NC(=O)C(=Cc2ccc3ncnc(NCc4cccnc4)c3c2)S1. The third-order valence-electron chi connectivity index (χ3n) is 13.7. The van der Waals surface area contributed by atoms with Crippen LogP contribution in [0.4, 0.5) is 31.8 Å². The maximum absolute atomic E-state index is 12.2. The summed E-state index contributed by atoms with van der Waals surface area (Å²) in [6.07, 6.45) is 16.2. The number of carbonyl (C=O) groups is 8. The number of anilines is 3. The molecule has 84 heavy (non-hydrogen) atoms. The Kier molecular flexibility index (Phi) is 18.6. The van der Waals surface area contributed by atoms with Crippen molar-refractivity contribution >= 4 is 149 Å². The standard InChI is InChI=1S/2C20H20N4O4S.C18H13N5O2S/c1-2-28-19(26)13-5-7-24(8-6-13)17-14-9-12(3-4-15(14)21-11-22-17)10-16-18(25)23-20(27)29-16;1-2-28-19(26)13-4-3-7-24(10-13)17-14-8-12(5-6-15(14)21-11-22-17)9-16-18(25)23-20(27)29-16;24-17-15(26-18(25)23-17)7-11-3-4-14-13(6-11)16(22-10-21-14)20-9-12-2-1-5-19-8-12/h3-4,9-11,13H,2,5-8H2,1H3,(H,23,25,27);5-6,8-9,11,13H,2-4,7,10H2,1H3,(H,23,25,27);1-8,10H,9H2,(H,20,21,22)(H,23,24,25). The maximum atomic E-state index is 12.2. The van der Waals surface area contributed by atoms with Gasteiger partial charge >= 0.3 is 11.9 Å². The number of hydrogen-bond acceptors (Lipinski definition) is 23. The molecule has 4 N–H and O–H groups in total. The first-order valence-electron chi connectivity index (χ1n) is 26.7. The van der Waals surface area contributed by atoms with Crippen LogP contribution >= 0.6 is 35.3 Å². The van der Waals surface area contributed by atoms with Crippen molar-refractivity contribution in [3.63, 3.8) is 0 Å². The third-order valence-corrected chi connectivity index (χ3v) is 16.1. The number of ether oxygens (including phenoxy) is 2. The van der Waals surface area contributed by atoms with Crippen molar-refractivity contribution in [1.82, 2.24) is 50.8 Å². The van der Waals surface area contributed by atoms with Gasteiger partial charge in [-0.25, -0.2) is 29.9 Å². The average molecular weight is 1190 g/mol. The van der Waals surface area contributed by atoms with Crippen molar-refractivity contribution < 1.29 is 47.8 Å². The molecule has 9 heterocycles. The highest BCUT2D eigenvalue weighted by Gasteiger charge is 2.31. The summed E-state index contributed by atoms with van der Waals surface area (Å²) in [5.41, 5.74) is 5.76. The number of carbonyl (C=O) groups excluding carboxylic acids is 8. The zero-order chi connectivity index (χ0) is 58.7. The van der Waals surface area contributed by atoms with E-state index in [-0.39, 0.29) is 51.3 Å². The van der Waals surface area contributed by atoms with Crippen LogP contribution in [0.3, 0.4) is 0 Å². The van der Waals surface area contributed by atoms with E-state index in [0.717, 1.165) is 121 Å². The molecule has 0 aliphatic carbocycles. The van der Waals surface area contributed by atoms with Crippen molar-refractivity contribution in [2.24, 2.45) is 11.8 Å². The van der Waals surface area contributed by atoms with Gasteiger partial charge in [-0.15, -0.1) is 0 Å². The number of imide groups is 3. The molecule has 5 fully saturated rings. The number of piperidine rings is 2. The minimum atomic E-state index is -0.391. The Bertz CT molecular complexity index is 3860. The fourth-order valence-electron chi connectivity index (χ4n) is 9.72. The predicted molar refractivity (Wildman–Crippen MR) is 321 cm³/mol. The van der Waals surface area contributed by atoms with Crippen LogP contribution in [0, 0.1) is 11.8 Å². The number of thioether (sulfide) groups is 3. The van der Waals surface area contributed by atoms with Crippen LogP contribution in [0.2, 0.25) is 0 Å². The van der Waals surface area contributed by atoms with Gasteiger partial charge in [0.15, 0.2) is 0 Å². The number of benzene rings is 3. The normalized spacial score (nSPS) is 18.6. The van der Waals surface area contributed by atoms with Crippen LogP contribution in [-0.4, -0.2) is 120 Å². The Morgan fingerprint density at radius 2 is 1.06 bits per heavy atom. The van der Waals surface area contributed by atoms with Crippen LogP contribution < -0.4 is 31.1 Å². The number of hydrogen-bond donors (Lipinski definition) is 4. The molecular weight excluding hydrogens is 1130 g/mol. The fraction of sp³-hybridized carbons (Fsp3) is 0.259. The maximum Gasteiger partial charge on any atom is 0.310 e. The summed E-state index contributed by atoms with van der Waals surface area (Å²) in [5, 5.41) is 11.5. The van der Waals surface area contributed by atoms with Crippen LogP contribution in [-0.2, 0) is 40.0 Å². The van der Waals surface area contributed by atoms with E-state index >= 15 is 0 Å². The van der Waals surface area contributed by atoms with Crippen LogP contribution in [0.15, 0.2) is 113 Å². The number of pyridine rings is 1. The molecule has 1 unspecified atom stereocenters. The van der Waals surface area contributed by atoms with Gasteiger partial charge in [-0.2, -0.15) is 0 Å². The highest BCUT2D eigenvalue weighted by Crippen LogP contribution is 2.34. The zero-order valence-electron chi connectivity index (χ0n) is 45.2. The molecule has 5 aliphatic heterocycles. The molecule has 5 saturated heterocycles. The highest BCUT2D eigenvalue weighted by molar-refractivity contribution is 8.19. The van der Waals surface area contributed by atoms with Crippen molar-refractivity contribution in [2.45, 2.75) is 46.1 Å². The lowest BCUT2D eigenvalue weighted by atomic mass is 9.96. The first kappa shape index (κ1) is 58.1. The molecule has 4 aromatic heterocycles. The molecule has 0 spiro atoms. The molecular formula is C58H53N13O10S3. The monoisotopic (exact) mass is 1190 g/mol. The Hall–Kier alpha value is -9.14. The topological polar surface area (TPSA) is 300 Å². The highest BCUT2D eigenvalue weighted by atomic mass is 32.2. The number of rotatable bonds is 12. The number of amides is 6. The van der Waals surface area contributed by atoms with Crippen molar-refractivity contribution in [1.29, 1.82) is 0 Å². The summed E-state index contributed by atoms with van der Waals surface area (Å²) < 4.78 is 10.3. The molecule has 5 aliphatic rings. The summed E-state index contributed by atoms with van der Waals surface area (Å²) in [6, 6.07) is 20.7. The van der Waals surface area contributed by atoms with E-state index in [0.29, 0.717) is 72.8 Å². The van der Waals surface area contributed by atoms with E-state index in [1.165, 1.54) is 19.0 Å². The molecule has 428 valence electrons. The van der Waals surface area contributed by atoms with E-state index in [9.17, 15) is 38.4 Å². The minimum absolute atomic E-state index is 0.0740. The molecule has 6 amide bonds. The number of nitrogens with one attached hydrogen (secondary N) is 4. The van der Waals surface area contributed by atoms with E-state index in [2.05, 4.69) is 66.0 Å². The Labute approximate surface area is 492 Å².